The van der Waals surface area contributed by atoms with Gasteiger partial charge in [-0.15, -0.1) is 5.10 Å². The van der Waals surface area contributed by atoms with Crippen LogP contribution in [0.4, 0.5) is 0 Å². The highest BCUT2D eigenvalue weighted by molar-refractivity contribution is 5.92. The molecule has 0 unspecified atom stereocenters. The Morgan fingerprint density at radius 2 is 2.20 bits per heavy atom. The summed E-state index contributed by atoms with van der Waals surface area (Å²) in [6, 6.07) is 1.82. The van der Waals surface area contributed by atoms with Gasteiger partial charge in [0.1, 0.15) is 0 Å². The Bertz CT molecular complexity index is 361. The Labute approximate surface area is 87.6 Å². The topological polar surface area (TPSA) is 78.1 Å². The summed E-state index contributed by atoms with van der Waals surface area (Å²) in [5.41, 5.74) is 6.45. The third-order valence-electron chi connectivity index (χ3n) is 2.65. The second kappa shape index (κ2) is 4.35. The average molecular weight is 207 g/mol. The van der Waals surface area contributed by atoms with E-state index < -0.39 is 5.91 Å². The van der Waals surface area contributed by atoms with Crippen molar-refractivity contribution in [2.24, 2.45) is 5.73 Å². The smallest absolute Gasteiger partial charge is 0.269 e. The molecule has 0 spiro atoms. The molecule has 0 aliphatic carbocycles. The van der Waals surface area contributed by atoms with Crippen molar-refractivity contribution in [3.63, 3.8) is 0 Å². The minimum absolute atomic E-state index is 0.296. The van der Waals surface area contributed by atoms with Gasteiger partial charge in [-0.1, -0.05) is 0 Å². The maximum Gasteiger partial charge on any atom is 0.269 e. The van der Waals surface area contributed by atoms with Crippen LogP contribution >= 0.6 is 0 Å². The highest BCUT2D eigenvalue weighted by atomic mass is 16.5. The standard InChI is InChI=1S/C10H13N3O2/c11-10(14)9-8(1-4-12-13-9)7-2-5-15-6-3-7/h1,4,7H,2-3,5-6H2,(H2,11,14). The van der Waals surface area contributed by atoms with E-state index in [-0.39, 0.29) is 0 Å². The van der Waals surface area contributed by atoms with Crippen LogP contribution in [0.1, 0.15) is 34.8 Å². The normalized spacial score (nSPS) is 17.6. The number of carbonyl (C=O) groups is 1. The molecule has 80 valence electrons. The zero-order valence-corrected chi connectivity index (χ0v) is 8.35. The molecule has 0 aromatic carbocycles. The van der Waals surface area contributed by atoms with Gasteiger partial charge in [0.2, 0.25) is 0 Å². The van der Waals surface area contributed by atoms with Crippen LogP contribution in [0.2, 0.25) is 0 Å². The summed E-state index contributed by atoms with van der Waals surface area (Å²) >= 11 is 0. The van der Waals surface area contributed by atoms with Gasteiger partial charge in [-0.2, -0.15) is 5.10 Å². The number of nitrogens with two attached hydrogens (primary N) is 1. The number of aromatic nitrogens is 2. The van der Waals surface area contributed by atoms with Crippen molar-refractivity contribution in [1.82, 2.24) is 10.2 Å². The number of carbonyl (C=O) groups excluding carboxylic acids is 1. The number of ether oxygens (including phenoxy) is 1. The molecule has 2 heterocycles. The van der Waals surface area contributed by atoms with Crippen LogP contribution in [0.5, 0.6) is 0 Å². The third-order valence-corrected chi connectivity index (χ3v) is 2.65. The second-order valence-electron chi connectivity index (χ2n) is 3.59. The number of amides is 1. The third kappa shape index (κ3) is 2.12. The van der Waals surface area contributed by atoms with Crippen molar-refractivity contribution in [2.45, 2.75) is 18.8 Å². The van der Waals surface area contributed by atoms with E-state index >= 15 is 0 Å². The Balaban J connectivity index is 2.29. The van der Waals surface area contributed by atoms with Crippen LogP contribution in [-0.2, 0) is 4.74 Å². The predicted molar refractivity (Wildman–Crippen MR) is 53.3 cm³/mol. The van der Waals surface area contributed by atoms with Crippen LogP contribution in [0, 0.1) is 0 Å². The fourth-order valence-electron chi connectivity index (χ4n) is 1.87. The maximum atomic E-state index is 11.2. The monoisotopic (exact) mass is 207 g/mol. The van der Waals surface area contributed by atoms with Gasteiger partial charge >= 0.3 is 0 Å². The molecule has 0 bridgehead atoms. The lowest BCUT2D eigenvalue weighted by Gasteiger charge is -2.22. The summed E-state index contributed by atoms with van der Waals surface area (Å²) in [6.07, 6.45) is 3.41. The van der Waals surface area contributed by atoms with Gasteiger partial charge in [0.05, 0.1) is 0 Å². The van der Waals surface area contributed by atoms with E-state index in [1.54, 1.807) is 6.20 Å². The Hall–Kier alpha value is -1.49. The van der Waals surface area contributed by atoms with E-state index in [9.17, 15) is 4.79 Å². The zero-order valence-electron chi connectivity index (χ0n) is 8.35. The van der Waals surface area contributed by atoms with Crippen molar-refractivity contribution < 1.29 is 9.53 Å². The number of nitrogens with zero attached hydrogens (tertiary/aromatic N) is 2. The van der Waals surface area contributed by atoms with Crippen molar-refractivity contribution in [3.05, 3.63) is 23.5 Å². The predicted octanol–water partition coefficient (Wildman–Crippen LogP) is 0.469. The lowest BCUT2D eigenvalue weighted by atomic mass is 9.91. The molecule has 1 aliphatic rings. The molecule has 0 atom stereocenters. The Kier molecular flexibility index (Phi) is 2.91. The van der Waals surface area contributed by atoms with Crippen molar-refractivity contribution in [2.75, 3.05) is 13.2 Å². The van der Waals surface area contributed by atoms with Gasteiger partial charge in [-0.05, 0) is 30.4 Å². The van der Waals surface area contributed by atoms with E-state index in [0.717, 1.165) is 31.6 Å². The van der Waals surface area contributed by atoms with Crippen molar-refractivity contribution in [3.8, 4) is 0 Å². The highest BCUT2D eigenvalue weighted by Crippen LogP contribution is 2.27. The van der Waals surface area contributed by atoms with E-state index in [0.29, 0.717) is 11.6 Å². The zero-order chi connectivity index (χ0) is 10.7. The molecule has 5 nitrogen and oxygen atoms in total. The van der Waals surface area contributed by atoms with Crippen LogP contribution in [0.3, 0.4) is 0 Å². The largest absolute Gasteiger partial charge is 0.381 e. The lowest BCUT2D eigenvalue weighted by molar-refractivity contribution is 0.0842. The van der Waals surface area contributed by atoms with Gasteiger partial charge in [-0.3, -0.25) is 4.79 Å². The molecule has 2 N–H and O–H groups in total. The minimum Gasteiger partial charge on any atom is -0.381 e. The average Bonchev–Trinajstić information content (AvgIpc) is 2.30. The molecule has 5 heteroatoms. The fourth-order valence-corrected chi connectivity index (χ4v) is 1.87. The van der Waals surface area contributed by atoms with E-state index in [1.807, 2.05) is 6.07 Å². The first-order valence-electron chi connectivity index (χ1n) is 4.98. The molecular formula is C10H13N3O2. The van der Waals surface area contributed by atoms with Crippen molar-refractivity contribution >= 4 is 5.91 Å². The van der Waals surface area contributed by atoms with Crippen LogP contribution in [0.25, 0.3) is 0 Å². The van der Waals surface area contributed by atoms with E-state index in [2.05, 4.69) is 10.2 Å². The first-order valence-corrected chi connectivity index (χ1v) is 4.98. The molecule has 1 aromatic rings. The first kappa shape index (κ1) is 10.0. The molecule has 1 aromatic heterocycles. The molecule has 0 saturated carbocycles. The summed E-state index contributed by atoms with van der Waals surface area (Å²) in [6.45, 7) is 1.45. The summed E-state index contributed by atoms with van der Waals surface area (Å²) in [4.78, 5) is 11.2. The van der Waals surface area contributed by atoms with Gasteiger partial charge in [0.25, 0.3) is 5.91 Å². The van der Waals surface area contributed by atoms with Crippen molar-refractivity contribution in [1.29, 1.82) is 0 Å². The fraction of sp³-hybridized carbons (Fsp3) is 0.500. The summed E-state index contributed by atoms with van der Waals surface area (Å²) < 4.78 is 5.27. The lowest BCUT2D eigenvalue weighted by Crippen LogP contribution is -2.21. The number of primary amides is 1. The van der Waals surface area contributed by atoms with Crippen LogP contribution in [-0.4, -0.2) is 29.3 Å². The van der Waals surface area contributed by atoms with Gasteiger partial charge in [0.15, 0.2) is 5.69 Å². The highest BCUT2D eigenvalue weighted by Gasteiger charge is 2.21. The van der Waals surface area contributed by atoms with Gasteiger partial charge in [-0.25, -0.2) is 0 Å². The molecule has 1 amide bonds. The van der Waals surface area contributed by atoms with Gasteiger partial charge in [0, 0.05) is 19.4 Å². The summed E-state index contributed by atoms with van der Waals surface area (Å²) in [5, 5.41) is 7.47. The number of rotatable bonds is 2. The molecule has 1 saturated heterocycles. The molecule has 2 rings (SSSR count). The summed E-state index contributed by atoms with van der Waals surface area (Å²) in [5.74, 6) is -0.193. The maximum absolute atomic E-state index is 11.2. The molecule has 1 fully saturated rings. The molecule has 15 heavy (non-hydrogen) atoms. The SMILES string of the molecule is NC(=O)c1nnccc1C1CCOCC1. The quantitative estimate of drug-likeness (QED) is 0.764. The second-order valence-corrected chi connectivity index (χ2v) is 3.59. The van der Waals surface area contributed by atoms with Crippen LogP contribution in [0.15, 0.2) is 12.3 Å². The molecule has 0 radical (unpaired) electrons. The number of hydrogen-bond acceptors (Lipinski definition) is 4. The van der Waals surface area contributed by atoms with E-state index in [4.69, 9.17) is 10.5 Å². The molecular weight excluding hydrogens is 194 g/mol. The minimum atomic E-state index is -0.510. The molecule has 1 aliphatic heterocycles. The summed E-state index contributed by atoms with van der Waals surface area (Å²) in [7, 11) is 0. The Morgan fingerprint density at radius 1 is 1.47 bits per heavy atom. The first-order chi connectivity index (χ1) is 7.29. The Morgan fingerprint density at radius 3 is 2.87 bits per heavy atom. The van der Waals surface area contributed by atoms with Crippen LogP contribution < -0.4 is 5.73 Å². The van der Waals surface area contributed by atoms with E-state index in [1.165, 1.54) is 0 Å². The van der Waals surface area contributed by atoms with Gasteiger partial charge < -0.3 is 10.5 Å². The number of hydrogen-bond donors (Lipinski definition) is 1.